The van der Waals surface area contributed by atoms with E-state index in [0.29, 0.717) is 24.5 Å². The molecule has 0 radical (unpaired) electrons. The Labute approximate surface area is 353 Å². The maximum Gasteiger partial charge on any atom is 0.519 e. The van der Waals surface area contributed by atoms with Crippen LogP contribution >= 0.6 is 0 Å². The van der Waals surface area contributed by atoms with Crippen LogP contribution in [0, 0.1) is 6.92 Å². The van der Waals surface area contributed by atoms with Crippen LogP contribution < -0.4 is 5.82 Å². The minimum absolute atomic E-state index is 0.110. The van der Waals surface area contributed by atoms with Gasteiger partial charge in [0.05, 0.1) is 0 Å². The van der Waals surface area contributed by atoms with Gasteiger partial charge in [-0.15, -0.1) is 15.0 Å². The molecule has 0 aliphatic carbocycles. The summed E-state index contributed by atoms with van der Waals surface area (Å²) in [7, 11) is 0. The van der Waals surface area contributed by atoms with E-state index in [1.165, 1.54) is 0 Å². The predicted molar refractivity (Wildman–Crippen MR) is 230 cm³/mol. The summed E-state index contributed by atoms with van der Waals surface area (Å²) in [6.45, 7) is 7.02. The highest BCUT2D eigenvalue weighted by Crippen LogP contribution is 2.40. The molecule has 308 valence electrons. The Bertz CT molecular complexity index is 2710. The van der Waals surface area contributed by atoms with Crippen LogP contribution in [0.5, 0.6) is 0 Å². The topological polar surface area (TPSA) is 151 Å². The molecule has 12 nitrogen and oxygen atoms in total. The van der Waals surface area contributed by atoms with Gasteiger partial charge >= 0.3 is 11.8 Å². The van der Waals surface area contributed by atoms with E-state index in [1.807, 2.05) is 122 Å². The normalized spacial score (nSPS) is 12.6. The van der Waals surface area contributed by atoms with E-state index in [-0.39, 0.29) is 36.1 Å². The van der Waals surface area contributed by atoms with Crippen LogP contribution in [-0.4, -0.2) is 40.8 Å². The Hall–Kier alpha value is -7.18. The summed E-state index contributed by atoms with van der Waals surface area (Å²) in [5, 5.41) is 26.1. The molecule has 0 bridgehead atoms. The van der Waals surface area contributed by atoms with Crippen LogP contribution in [0.25, 0.3) is 22.5 Å². The fraction of sp³-hybridized carbons (Fsp3) is 0.224. The van der Waals surface area contributed by atoms with Crippen LogP contribution in [0.2, 0.25) is 0 Å². The van der Waals surface area contributed by atoms with Gasteiger partial charge in [0.2, 0.25) is 5.82 Å². The molecule has 0 spiro atoms. The number of rotatable bonds is 15. The van der Waals surface area contributed by atoms with Gasteiger partial charge in [0, 0.05) is 18.5 Å². The molecule has 8 aromatic rings. The largest absolute Gasteiger partial charge is 0.519 e. The molecule has 0 saturated heterocycles. The lowest BCUT2D eigenvalue weighted by atomic mass is 9.77. The fourth-order valence-electron chi connectivity index (χ4n) is 7.79. The smallest absolute Gasteiger partial charge is 0.453 e. The van der Waals surface area contributed by atoms with Gasteiger partial charge < -0.3 is 23.2 Å². The lowest BCUT2D eigenvalue weighted by Gasteiger charge is -2.34. The van der Waals surface area contributed by atoms with Crippen molar-refractivity contribution in [2.75, 3.05) is 0 Å². The van der Waals surface area contributed by atoms with Crippen LogP contribution in [0.3, 0.4) is 0 Å². The fourth-order valence-corrected chi connectivity index (χ4v) is 7.79. The van der Waals surface area contributed by atoms with E-state index in [2.05, 4.69) is 36.4 Å². The molecule has 0 amide bonds. The molecule has 1 unspecified atom stereocenters. The highest BCUT2D eigenvalue weighted by molar-refractivity contribution is 5.89. The molecule has 0 fully saturated rings. The van der Waals surface area contributed by atoms with Gasteiger partial charge in [-0.3, -0.25) is 0 Å². The van der Waals surface area contributed by atoms with E-state index >= 15 is 0 Å². The van der Waals surface area contributed by atoms with Crippen LogP contribution in [0.4, 0.5) is 0 Å². The van der Waals surface area contributed by atoms with E-state index in [9.17, 15) is 14.7 Å². The first kappa shape index (κ1) is 40.6. The molecule has 1 N–H and O–H groups in total. The third-order valence-electron chi connectivity index (χ3n) is 11.1. The van der Waals surface area contributed by atoms with E-state index in [4.69, 9.17) is 34.0 Å². The van der Waals surface area contributed by atoms with Gasteiger partial charge in [-0.25, -0.2) is 14.6 Å². The number of tetrazole rings is 1. The molecule has 0 saturated carbocycles. The monoisotopic (exact) mass is 814 g/mol. The predicted octanol–water partition coefficient (Wildman–Crippen LogP) is 8.87. The quantitative estimate of drug-likeness (QED) is 0.0785. The average Bonchev–Trinajstić information content (AvgIpc) is 4.02. The van der Waals surface area contributed by atoms with Gasteiger partial charge in [-0.05, 0) is 65.3 Å². The molecule has 8 rings (SSSR count). The Morgan fingerprint density at radius 1 is 0.770 bits per heavy atom. The third kappa shape index (κ3) is 7.85. The van der Waals surface area contributed by atoms with Crippen molar-refractivity contribution in [1.82, 2.24) is 29.8 Å². The van der Waals surface area contributed by atoms with Crippen molar-refractivity contribution in [3.63, 3.8) is 0 Å². The maximum absolute atomic E-state index is 13.9. The van der Waals surface area contributed by atoms with Gasteiger partial charge in [0.1, 0.15) is 17.1 Å². The van der Waals surface area contributed by atoms with Crippen molar-refractivity contribution in [2.24, 2.45) is 0 Å². The summed E-state index contributed by atoms with van der Waals surface area (Å²) in [5.41, 5.74) is 4.56. The van der Waals surface area contributed by atoms with Gasteiger partial charge in [-0.1, -0.05) is 153 Å². The number of nitrogens with zero attached hydrogens (tertiary/aromatic N) is 6. The zero-order valence-electron chi connectivity index (χ0n) is 34.5. The first-order valence-electron chi connectivity index (χ1n) is 20.4. The third-order valence-corrected chi connectivity index (χ3v) is 11.1. The summed E-state index contributed by atoms with van der Waals surface area (Å²) < 4.78 is 17.5. The van der Waals surface area contributed by atoms with Crippen molar-refractivity contribution >= 4 is 5.97 Å². The molecular formula is C49H46N6O6. The number of hydrogen-bond donors (Lipinski definition) is 1. The van der Waals surface area contributed by atoms with Crippen molar-refractivity contribution in [2.45, 2.75) is 71.2 Å². The zero-order chi connectivity index (χ0) is 42.6. The molecule has 3 aromatic heterocycles. The molecule has 0 aliphatic rings. The van der Waals surface area contributed by atoms with E-state index in [0.717, 1.165) is 45.4 Å². The molecular weight excluding hydrogens is 769 g/mol. The summed E-state index contributed by atoms with van der Waals surface area (Å²) in [5.74, 6) is -0.135. The number of aryl methyl sites for hydroxylation is 2. The summed E-state index contributed by atoms with van der Waals surface area (Å²) in [6, 6.07) is 46.8. The summed E-state index contributed by atoms with van der Waals surface area (Å²) in [4.78, 5) is 32.1. The first-order chi connectivity index (χ1) is 29.6. The molecule has 12 heteroatoms. The van der Waals surface area contributed by atoms with Gasteiger partial charge in [0.15, 0.2) is 29.4 Å². The van der Waals surface area contributed by atoms with Gasteiger partial charge in [0.25, 0.3) is 0 Å². The van der Waals surface area contributed by atoms with Crippen LogP contribution in [-0.2, 0) is 35.4 Å². The minimum Gasteiger partial charge on any atom is -0.453 e. The van der Waals surface area contributed by atoms with Crippen molar-refractivity contribution in [1.29, 1.82) is 0 Å². The number of ether oxygens (including phenoxy) is 1. The Morgan fingerprint density at radius 3 is 1.89 bits per heavy atom. The molecule has 1 atom stereocenters. The van der Waals surface area contributed by atoms with Crippen LogP contribution in [0.1, 0.15) is 89.4 Å². The number of carbonyl (C=O) groups excluding carboxylic acids is 1. The standard InChI is InChI=1S/C49H46N6O6/c1-5-18-42-50-44(48(4,58)6-2)43(46(56)59-32-41-33(3)60-47(57)61-41)54(42)31-34-27-29-35(30-28-34)39-25-16-17-26-40(39)45-51-53-55(52-45)49(36-19-10-7-11-20-36,37-21-12-8-13-22-37)38-23-14-9-15-24-38/h7-17,19-30,58H,5-6,18,31-32H2,1-4H3. The number of aliphatic hydroxyl groups is 1. The number of esters is 1. The number of imidazole rings is 1. The van der Waals surface area contributed by atoms with Crippen LogP contribution in [0.15, 0.2) is 153 Å². The van der Waals surface area contributed by atoms with Crippen molar-refractivity contribution in [3.8, 4) is 22.5 Å². The van der Waals surface area contributed by atoms with Gasteiger partial charge in [-0.2, -0.15) is 0 Å². The second-order valence-corrected chi connectivity index (χ2v) is 15.2. The summed E-state index contributed by atoms with van der Waals surface area (Å²) in [6.07, 6.45) is 1.64. The van der Waals surface area contributed by atoms with E-state index < -0.39 is 22.9 Å². The Balaban J connectivity index is 1.15. The number of aromatic nitrogens is 6. The highest BCUT2D eigenvalue weighted by Gasteiger charge is 2.41. The number of carbonyl (C=O) groups is 1. The molecule has 0 aliphatic heterocycles. The first-order valence-corrected chi connectivity index (χ1v) is 20.4. The molecule has 5 aromatic carbocycles. The lowest BCUT2D eigenvalue weighted by Crippen LogP contribution is -2.39. The highest BCUT2D eigenvalue weighted by atomic mass is 16.6. The molecule has 3 heterocycles. The maximum atomic E-state index is 13.9. The lowest BCUT2D eigenvalue weighted by molar-refractivity contribution is 0.0345. The second kappa shape index (κ2) is 17.2. The van der Waals surface area contributed by atoms with E-state index in [1.54, 1.807) is 18.6 Å². The van der Waals surface area contributed by atoms with Crippen molar-refractivity contribution < 1.29 is 23.5 Å². The molecule has 61 heavy (non-hydrogen) atoms. The zero-order valence-corrected chi connectivity index (χ0v) is 34.5. The number of hydrogen-bond acceptors (Lipinski definition) is 10. The Morgan fingerprint density at radius 2 is 1.34 bits per heavy atom. The van der Waals surface area contributed by atoms with Crippen molar-refractivity contribution in [3.05, 3.63) is 201 Å². The number of benzene rings is 5. The average molecular weight is 815 g/mol. The minimum atomic E-state index is -1.41. The summed E-state index contributed by atoms with van der Waals surface area (Å²) >= 11 is 0. The SMILES string of the molecule is CCCc1nc(C(C)(O)CC)c(C(=O)OCc2oc(=O)oc2C)n1Cc1ccc(-c2ccccc2-c2nnn(C(c3ccccc3)(c3ccccc3)c3ccccc3)n2)cc1. The Kier molecular flexibility index (Phi) is 11.4. The second-order valence-electron chi connectivity index (χ2n) is 15.2.